The normalized spacial score (nSPS) is 10.5. The van der Waals surface area contributed by atoms with E-state index in [9.17, 15) is 0 Å². The van der Waals surface area contributed by atoms with Gasteiger partial charge < -0.3 is 15.8 Å². The average molecular weight is 301 g/mol. The molecule has 96 valence electrons. The number of methoxy groups -OCH3 is 1. The fourth-order valence-corrected chi connectivity index (χ4v) is 2.36. The van der Waals surface area contributed by atoms with Gasteiger partial charge in [0.1, 0.15) is 5.75 Å². The molecule has 0 saturated heterocycles. The van der Waals surface area contributed by atoms with E-state index in [1.165, 1.54) is 16.7 Å². The maximum Gasteiger partial charge on any atom is 0.145 e. The molecule has 0 radical (unpaired) electrons. The summed E-state index contributed by atoms with van der Waals surface area (Å²) in [5, 5.41) is 3.41. The molecule has 0 aromatic heterocycles. The lowest BCUT2D eigenvalue weighted by atomic mass is 10.0. The topological polar surface area (TPSA) is 47.3 Å². The zero-order valence-corrected chi connectivity index (χ0v) is 12.6. The number of benzene rings is 1. The monoisotopic (exact) mass is 300 g/mol. The number of halogens is 1. The quantitative estimate of drug-likeness (QED) is 0.821. The Hall–Kier alpha value is -0.740. The molecule has 0 atom stereocenters. The Bertz CT molecular complexity index is 405. The third kappa shape index (κ3) is 2.93. The van der Waals surface area contributed by atoms with Crippen LogP contribution in [0.25, 0.3) is 0 Å². The van der Waals surface area contributed by atoms with Crippen LogP contribution >= 0.6 is 15.9 Å². The molecule has 3 nitrogen and oxygen atoms in total. The Morgan fingerprint density at radius 3 is 2.35 bits per heavy atom. The van der Waals surface area contributed by atoms with E-state index in [2.05, 4.69) is 42.0 Å². The molecule has 0 aliphatic carbocycles. The van der Waals surface area contributed by atoms with Crippen molar-refractivity contribution in [2.45, 2.75) is 27.2 Å². The summed E-state index contributed by atoms with van der Waals surface area (Å²) < 4.78 is 6.65. The highest BCUT2D eigenvalue weighted by Gasteiger charge is 2.16. The molecule has 3 N–H and O–H groups in total. The van der Waals surface area contributed by atoms with Crippen molar-refractivity contribution < 1.29 is 4.74 Å². The molecular formula is C13H21BrN2O. The Balaban J connectivity index is 3.17. The number of hydrogen-bond donors (Lipinski definition) is 2. The summed E-state index contributed by atoms with van der Waals surface area (Å²) in [4.78, 5) is 0. The van der Waals surface area contributed by atoms with E-state index >= 15 is 0 Å². The molecule has 0 bridgehead atoms. The van der Waals surface area contributed by atoms with Crippen LogP contribution in [0, 0.1) is 20.8 Å². The minimum Gasteiger partial charge on any atom is -0.494 e. The molecule has 0 saturated carbocycles. The third-order valence-electron chi connectivity index (χ3n) is 3.05. The minimum absolute atomic E-state index is 0.695. The summed E-state index contributed by atoms with van der Waals surface area (Å²) in [6, 6.07) is 0. The highest BCUT2D eigenvalue weighted by molar-refractivity contribution is 9.10. The lowest BCUT2D eigenvalue weighted by molar-refractivity contribution is 0.412. The number of ether oxygens (including phenoxy) is 1. The molecular weight excluding hydrogens is 280 g/mol. The van der Waals surface area contributed by atoms with E-state index in [1.54, 1.807) is 7.11 Å². The number of hydrogen-bond acceptors (Lipinski definition) is 3. The van der Waals surface area contributed by atoms with E-state index in [0.717, 1.165) is 28.9 Å². The molecule has 0 unspecified atom stereocenters. The van der Waals surface area contributed by atoms with Crippen molar-refractivity contribution in [3.8, 4) is 5.75 Å². The van der Waals surface area contributed by atoms with Gasteiger partial charge in [-0.25, -0.2) is 0 Å². The standard InChI is InChI=1S/C13H21BrN2O/c1-8-9(2)13(17-4)12(10(3)11(8)14)16-7-5-6-15/h16H,5-7,15H2,1-4H3. The first-order valence-electron chi connectivity index (χ1n) is 5.81. The van der Waals surface area contributed by atoms with Crippen molar-refractivity contribution in [1.29, 1.82) is 0 Å². The molecule has 0 fully saturated rings. The Kier molecular flexibility index (Phi) is 5.28. The van der Waals surface area contributed by atoms with Crippen molar-refractivity contribution in [3.63, 3.8) is 0 Å². The summed E-state index contributed by atoms with van der Waals surface area (Å²) in [6.45, 7) is 7.82. The second-order valence-corrected chi connectivity index (χ2v) is 4.96. The minimum atomic E-state index is 0.695. The smallest absolute Gasteiger partial charge is 0.145 e. The van der Waals surface area contributed by atoms with Gasteiger partial charge in [-0.15, -0.1) is 0 Å². The molecule has 1 aromatic carbocycles. The highest BCUT2D eigenvalue weighted by Crippen LogP contribution is 2.39. The SMILES string of the molecule is COc1c(C)c(C)c(Br)c(C)c1NCCCN. The van der Waals surface area contributed by atoms with Crippen LogP contribution in [0.5, 0.6) is 5.75 Å². The number of nitrogens with one attached hydrogen (secondary N) is 1. The zero-order chi connectivity index (χ0) is 13.0. The molecule has 1 aromatic rings. The van der Waals surface area contributed by atoms with Crippen LogP contribution in [0.2, 0.25) is 0 Å². The third-order valence-corrected chi connectivity index (χ3v) is 4.24. The van der Waals surface area contributed by atoms with Gasteiger partial charge in [-0.2, -0.15) is 0 Å². The maximum absolute atomic E-state index is 5.51. The second kappa shape index (κ2) is 6.26. The first kappa shape index (κ1) is 14.3. The molecule has 0 spiro atoms. The van der Waals surface area contributed by atoms with Crippen molar-refractivity contribution >= 4 is 21.6 Å². The Labute approximate surface area is 112 Å². The van der Waals surface area contributed by atoms with Gasteiger partial charge in [-0.1, -0.05) is 15.9 Å². The number of nitrogens with two attached hydrogens (primary N) is 1. The summed E-state index contributed by atoms with van der Waals surface area (Å²) in [5.74, 6) is 0.931. The van der Waals surface area contributed by atoms with Gasteiger partial charge in [-0.05, 0) is 50.4 Å². The van der Waals surface area contributed by atoms with E-state index in [4.69, 9.17) is 10.5 Å². The first-order valence-corrected chi connectivity index (χ1v) is 6.61. The average Bonchev–Trinajstić information content (AvgIpc) is 2.33. The van der Waals surface area contributed by atoms with Crippen molar-refractivity contribution in [2.75, 3.05) is 25.5 Å². The fraction of sp³-hybridized carbons (Fsp3) is 0.538. The summed E-state index contributed by atoms with van der Waals surface area (Å²) in [6.07, 6.45) is 0.952. The van der Waals surface area contributed by atoms with Gasteiger partial charge in [0.05, 0.1) is 12.8 Å². The number of rotatable bonds is 5. The molecule has 1 rings (SSSR count). The second-order valence-electron chi connectivity index (χ2n) is 4.17. The van der Waals surface area contributed by atoms with Gasteiger partial charge >= 0.3 is 0 Å². The van der Waals surface area contributed by atoms with Crippen LogP contribution < -0.4 is 15.8 Å². The Morgan fingerprint density at radius 1 is 1.18 bits per heavy atom. The predicted molar refractivity (Wildman–Crippen MR) is 77.1 cm³/mol. The van der Waals surface area contributed by atoms with Gasteiger partial charge in [0.2, 0.25) is 0 Å². The fourth-order valence-electron chi connectivity index (χ4n) is 1.87. The molecule has 0 aliphatic heterocycles. The van der Waals surface area contributed by atoms with Gasteiger partial charge in [0.15, 0.2) is 0 Å². The van der Waals surface area contributed by atoms with Crippen molar-refractivity contribution in [3.05, 3.63) is 21.2 Å². The molecule has 0 amide bonds. The maximum atomic E-state index is 5.51. The van der Waals surface area contributed by atoms with Gasteiger partial charge in [0, 0.05) is 11.0 Å². The molecule has 0 heterocycles. The Morgan fingerprint density at radius 2 is 1.82 bits per heavy atom. The van der Waals surface area contributed by atoms with E-state index < -0.39 is 0 Å². The van der Waals surface area contributed by atoms with Gasteiger partial charge in [-0.3, -0.25) is 0 Å². The van der Waals surface area contributed by atoms with E-state index in [0.29, 0.717) is 6.54 Å². The van der Waals surface area contributed by atoms with Crippen LogP contribution in [0.4, 0.5) is 5.69 Å². The predicted octanol–water partition coefficient (Wildman–Crippen LogP) is 3.14. The van der Waals surface area contributed by atoms with E-state index in [-0.39, 0.29) is 0 Å². The lowest BCUT2D eigenvalue weighted by Crippen LogP contribution is -2.11. The van der Waals surface area contributed by atoms with E-state index in [1.807, 2.05) is 0 Å². The lowest BCUT2D eigenvalue weighted by Gasteiger charge is -2.19. The summed E-state index contributed by atoms with van der Waals surface area (Å²) in [7, 11) is 1.71. The molecule has 17 heavy (non-hydrogen) atoms. The highest BCUT2D eigenvalue weighted by atomic mass is 79.9. The first-order chi connectivity index (χ1) is 8.04. The van der Waals surface area contributed by atoms with Crippen molar-refractivity contribution in [2.24, 2.45) is 5.73 Å². The zero-order valence-electron chi connectivity index (χ0n) is 11.0. The molecule has 0 aliphatic rings. The van der Waals surface area contributed by atoms with Crippen LogP contribution in [0.3, 0.4) is 0 Å². The molecule has 4 heteroatoms. The van der Waals surface area contributed by atoms with Crippen molar-refractivity contribution in [1.82, 2.24) is 0 Å². The number of anilines is 1. The summed E-state index contributed by atoms with van der Waals surface area (Å²) in [5.41, 5.74) is 10.1. The van der Waals surface area contributed by atoms with Crippen LogP contribution in [-0.4, -0.2) is 20.2 Å². The van der Waals surface area contributed by atoms with Crippen LogP contribution in [0.15, 0.2) is 4.47 Å². The summed E-state index contributed by atoms with van der Waals surface area (Å²) >= 11 is 3.63. The van der Waals surface area contributed by atoms with Crippen LogP contribution in [0.1, 0.15) is 23.1 Å². The van der Waals surface area contributed by atoms with Gasteiger partial charge in [0.25, 0.3) is 0 Å². The largest absolute Gasteiger partial charge is 0.494 e. The van der Waals surface area contributed by atoms with Crippen LogP contribution in [-0.2, 0) is 0 Å².